The highest BCUT2D eigenvalue weighted by Gasteiger charge is 2.35. The van der Waals surface area contributed by atoms with Crippen molar-refractivity contribution >= 4 is 45.9 Å². The summed E-state index contributed by atoms with van der Waals surface area (Å²) in [6, 6.07) is 8.09. The second kappa shape index (κ2) is 10.4. The fourth-order valence-electron chi connectivity index (χ4n) is 4.57. The zero-order valence-electron chi connectivity index (χ0n) is 21.2. The minimum atomic E-state index is -0.414. The van der Waals surface area contributed by atoms with Crippen LogP contribution in [0.1, 0.15) is 51.8 Å². The molecular weight excluding hydrogens is 492 g/mol. The molecule has 2 aromatic heterocycles. The van der Waals surface area contributed by atoms with Crippen LogP contribution in [0.2, 0.25) is 0 Å². The topological polar surface area (TPSA) is 121 Å². The van der Waals surface area contributed by atoms with Crippen LogP contribution < -0.4 is 15.1 Å². The maximum absolute atomic E-state index is 13.2. The van der Waals surface area contributed by atoms with Gasteiger partial charge >= 0.3 is 5.97 Å². The van der Waals surface area contributed by atoms with Crippen LogP contribution in [0.5, 0.6) is 0 Å². The Balaban J connectivity index is 1.50. The molecule has 0 unspecified atom stereocenters. The number of fused-ring (bicyclic) bond motifs is 1. The Morgan fingerprint density at radius 2 is 1.84 bits per heavy atom. The van der Waals surface area contributed by atoms with Gasteiger partial charge in [-0.05, 0) is 39.2 Å². The largest absolute Gasteiger partial charge is 0.462 e. The van der Waals surface area contributed by atoms with Gasteiger partial charge in [-0.15, -0.1) is 0 Å². The molecule has 2 aliphatic rings. The standard InChI is InChI=1S/C26H30N6O4S/c1-4-36-24(35)21-16(3)27-26(37-21)30-25-28-22(31-11-9-18(33)10-12-31)19-13-20(34)32(23(19)29-25)14-17-7-5-15(2)6-8-17/h5-8,18,33H,4,9-14H2,1-3H3,(H,27,28,29,30). The van der Waals surface area contributed by atoms with Gasteiger partial charge in [-0.3, -0.25) is 15.0 Å². The number of hydrogen-bond donors (Lipinski definition) is 2. The molecule has 2 aliphatic heterocycles. The summed E-state index contributed by atoms with van der Waals surface area (Å²) in [7, 11) is 0. The number of nitrogens with zero attached hydrogens (tertiary/aromatic N) is 5. The normalized spacial score (nSPS) is 15.7. The molecular formula is C26H30N6O4S. The van der Waals surface area contributed by atoms with E-state index in [1.807, 2.05) is 31.2 Å². The highest BCUT2D eigenvalue weighted by Crippen LogP contribution is 2.37. The van der Waals surface area contributed by atoms with Crippen molar-refractivity contribution in [2.24, 2.45) is 0 Å². The van der Waals surface area contributed by atoms with Gasteiger partial charge in [0.15, 0.2) is 5.13 Å². The number of thiazole rings is 1. The number of carbonyl (C=O) groups is 2. The van der Waals surface area contributed by atoms with Gasteiger partial charge in [0.05, 0.1) is 31.4 Å². The fourth-order valence-corrected chi connectivity index (χ4v) is 5.43. The molecule has 37 heavy (non-hydrogen) atoms. The average molecular weight is 523 g/mol. The van der Waals surface area contributed by atoms with Gasteiger partial charge in [0.25, 0.3) is 0 Å². The first-order chi connectivity index (χ1) is 17.8. The van der Waals surface area contributed by atoms with Crippen LogP contribution in [-0.4, -0.2) is 57.7 Å². The van der Waals surface area contributed by atoms with Gasteiger partial charge in [0, 0.05) is 18.7 Å². The smallest absolute Gasteiger partial charge is 0.350 e. The molecule has 4 heterocycles. The summed E-state index contributed by atoms with van der Waals surface area (Å²) in [5.41, 5.74) is 3.52. The summed E-state index contributed by atoms with van der Waals surface area (Å²) in [6.45, 7) is 7.51. The highest BCUT2D eigenvalue weighted by atomic mass is 32.1. The zero-order chi connectivity index (χ0) is 26.1. The lowest BCUT2D eigenvalue weighted by atomic mass is 10.1. The van der Waals surface area contributed by atoms with Gasteiger partial charge in [-0.2, -0.15) is 9.97 Å². The molecule has 10 nitrogen and oxygen atoms in total. The first kappa shape index (κ1) is 25.1. The quantitative estimate of drug-likeness (QED) is 0.449. The molecule has 0 saturated carbocycles. The number of ether oxygens (including phenoxy) is 1. The molecule has 11 heteroatoms. The maximum atomic E-state index is 13.2. The number of nitrogens with one attached hydrogen (secondary N) is 1. The van der Waals surface area contributed by atoms with Crippen LogP contribution in [-0.2, 0) is 22.5 Å². The summed E-state index contributed by atoms with van der Waals surface area (Å²) < 4.78 is 5.13. The van der Waals surface area contributed by atoms with Crippen molar-refractivity contribution in [3.63, 3.8) is 0 Å². The molecule has 0 bridgehead atoms. The van der Waals surface area contributed by atoms with Gasteiger partial charge in [-0.25, -0.2) is 9.78 Å². The van der Waals surface area contributed by atoms with Crippen molar-refractivity contribution in [1.82, 2.24) is 15.0 Å². The highest BCUT2D eigenvalue weighted by molar-refractivity contribution is 7.17. The van der Waals surface area contributed by atoms with E-state index in [4.69, 9.17) is 14.7 Å². The van der Waals surface area contributed by atoms with E-state index in [1.54, 1.807) is 18.7 Å². The van der Waals surface area contributed by atoms with Crippen molar-refractivity contribution in [1.29, 1.82) is 0 Å². The minimum Gasteiger partial charge on any atom is -0.462 e. The molecule has 0 spiro atoms. The number of amides is 1. The number of hydrogen-bond acceptors (Lipinski definition) is 10. The van der Waals surface area contributed by atoms with Crippen molar-refractivity contribution in [3.05, 3.63) is 51.5 Å². The monoisotopic (exact) mass is 522 g/mol. The van der Waals surface area contributed by atoms with E-state index < -0.39 is 5.97 Å². The number of esters is 1. The van der Waals surface area contributed by atoms with E-state index in [2.05, 4.69) is 15.2 Å². The van der Waals surface area contributed by atoms with Gasteiger partial charge in [0.2, 0.25) is 11.9 Å². The van der Waals surface area contributed by atoms with Crippen molar-refractivity contribution in [3.8, 4) is 0 Å². The number of piperidine rings is 1. The fraction of sp³-hybridized carbons (Fsp3) is 0.423. The van der Waals surface area contributed by atoms with Crippen LogP contribution in [0.15, 0.2) is 24.3 Å². The van der Waals surface area contributed by atoms with Crippen LogP contribution in [0.25, 0.3) is 0 Å². The van der Waals surface area contributed by atoms with Crippen molar-refractivity contribution in [2.45, 2.75) is 52.7 Å². The lowest BCUT2D eigenvalue weighted by Gasteiger charge is -2.31. The van der Waals surface area contributed by atoms with Crippen LogP contribution in [0.3, 0.4) is 0 Å². The van der Waals surface area contributed by atoms with Gasteiger partial charge < -0.3 is 14.7 Å². The molecule has 1 aromatic carbocycles. The van der Waals surface area contributed by atoms with Gasteiger partial charge in [0.1, 0.15) is 16.5 Å². The molecule has 1 saturated heterocycles. The van der Waals surface area contributed by atoms with E-state index in [0.717, 1.165) is 16.7 Å². The zero-order valence-corrected chi connectivity index (χ0v) is 22.0. The summed E-state index contributed by atoms with van der Waals surface area (Å²) in [5.74, 6) is 1.12. The number of aliphatic hydroxyl groups is 1. The third kappa shape index (κ3) is 5.28. The van der Waals surface area contributed by atoms with Crippen molar-refractivity contribution in [2.75, 3.05) is 34.8 Å². The molecule has 3 aromatic rings. The number of anilines is 4. The first-order valence-corrected chi connectivity index (χ1v) is 13.3. The predicted molar refractivity (Wildman–Crippen MR) is 142 cm³/mol. The van der Waals surface area contributed by atoms with E-state index in [1.165, 1.54) is 11.3 Å². The second-order valence-electron chi connectivity index (χ2n) is 9.31. The third-order valence-electron chi connectivity index (χ3n) is 6.55. The Bertz CT molecular complexity index is 1320. The molecule has 0 aliphatic carbocycles. The second-order valence-corrected chi connectivity index (χ2v) is 10.3. The van der Waals surface area contributed by atoms with Crippen LogP contribution in [0, 0.1) is 13.8 Å². The Hall–Kier alpha value is -3.57. The minimum absolute atomic E-state index is 0.0324. The number of rotatable bonds is 7. The van der Waals surface area contributed by atoms with E-state index >= 15 is 0 Å². The number of carbonyl (C=O) groups excluding carboxylic acids is 2. The number of aryl methyl sites for hydroxylation is 2. The molecule has 5 rings (SSSR count). The predicted octanol–water partition coefficient (Wildman–Crippen LogP) is 3.52. The number of aromatic nitrogens is 3. The first-order valence-electron chi connectivity index (χ1n) is 12.4. The Morgan fingerprint density at radius 1 is 1.14 bits per heavy atom. The summed E-state index contributed by atoms with van der Waals surface area (Å²) in [5, 5.41) is 13.6. The lowest BCUT2D eigenvalue weighted by Crippen LogP contribution is -2.37. The summed E-state index contributed by atoms with van der Waals surface area (Å²) in [6.07, 6.45) is 1.16. The molecule has 0 atom stereocenters. The van der Waals surface area contributed by atoms with Gasteiger partial charge in [-0.1, -0.05) is 41.2 Å². The Kier molecular flexibility index (Phi) is 7.07. The van der Waals surface area contributed by atoms with Crippen LogP contribution in [0.4, 0.5) is 22.7 Å². The summed E-state index contributed by atoms with van der Waals surface area (Å²) in [4.78, 5) is 43.7. The third-order valence-corrected chi connectivity index (χ3v) is 7.60. The molecule has 0 radical (unpaired) electrons. The molecule has 1 amide bonds. The Labute approximate surface area is 219 Å². The maximum Gasteiger partial charge on any atom is 0.350 e. The summed E-state index contributed by atoms with van der Waals surface area (Å²) >= 11 is 1.18. The Morgan fingerprint density at radius 3 is 2.54 bits per heavy atom. The van der Waals surface area contributed by atoms with E-state index in [-0.39, 0.29) is 25.0 Å². The average Bonchev–Trinajstić information content (AvgIpc) is 3.39. The molecule has 194 valence electrons. The SMILES string of the molecule is CCOC(=O)c1sc(Nc2nc(N3CCC(O)CC3)c3c(n2)N(Cc2ccc(C)cc2)C(=O)C3)nc1C. The van der Waals surface area contributed by atoms with E-state index in [0.29, 0.717) is 65.8 Å². The molecule has 2 N–H and O–H groups in total. The molecule has 1 fully saturated rings. The number of benzene rings is 1. The van der Waals surface area contributed by atoms with E-state index in [9.17, 15) is 14.7 Å². The number of aliphatic hydroxyl groups excluding tert-OH is 1. The lowest BCUT2D eigenvalue weighted by molar-refractivity contribution is -0.117. The van der Waals surface area contributed by atoms with Crippen molar-refractivity contribution < 1.29 is 19.4 Å². The van der Waals surface area contributed by atoms with Crippen LogP contribution >= 0.6 is 11.3 Å².